The van der Waals surface area contributed by atoms with E-state index in [4.69, 9.17) is 4.42 Å². The number of para-hydroxylation sites is 1. The van der Waals surface area contributed by atoms with Gasteiger partial charge in [-0.3, -0.25) is 0 Å². The van der Waals surface area contributed by atoms with Gasteiger partial charge >= 0.3 is 0 Å². The first-order chi connectivity index (χ1) is 10.9. The van der Waals surface area contributed by atoms with E-state index in [2.05, 4.69) is 32.3 Å². The third kappa shape index (κ3) is 3.22. The average Bonchev–Trinajstić information content (AvgIpc) is 3.09. The fourth-order valence-corrected chi connectivity index (χ4v) is 2.16. The highest BCUT2D eigenvalue weighted by Gasteiger charge is 2.10. The molecule has 22 heavy (non-hydrogen) atoms. The molecule has 0 bridgehead atoms. The third-order valence-corrected chi connectivity index (χ3v) is 3.21. The molecule has 3 aromatic rings. The molecule has 1 aromatic carbocycles. The molecule has 2 heterocycles. The van der Waals surface area contributed by atoms with Crippen LogP contribution in [0.3, 0.4) is 0 Å². The highest BCUT2D eigenvalue weighted by molar-refractivity contribution is 5.59. The van der Waals surface area contributed by atoms with E-state index in [0.717, 1.165) is 23.8 Å². The van der Waals surface area contributed by atoms with Crippen LogP contribution in [0.2, 0.25) is 0 Å². The molecule has 112 valence electrons. The molecule has 6 nitrogen and oxygen atoms in total. The number of anilines is 3. The Hall–Kier alpha value is -2.89. The molecule has 0 unspecified atom stereocenters. The molecular weight excluding hydrogens is 278 g/mol. The zero-order valence-corrected chi connectivity index (χ0v) is 12.3. The SMILES string of the molecule is CCN(c1ccccc1)c1cnnc(NCc2ccco2)n1. The van der Waals surface area contributed by atoms with E-state index in [1.807, 2.05) is 42.5 Å². The van der Waals surface area contributed by atoms with Crippen molar-refractivity contribution in [3.63, 3.8) is 0 Å². The fraction of sp³-hybridized carbons (Fsp3) is 0.188. The minimum atomic E-state index is 0.475. The first-order valence-corrected chi connectivity index (χ1v) is 7.15. The molecule has 0 aliphatic rings. The van der Waals surface area contributed by atoms with Crippen molar-refractivity contribution < 1.29 is 4.42 Å². The van der Waals surface area contributed by atoms with E-state index in [0.29, 0.717) is 12.5 Å². The second kappa shape index (κ2) is 6.71. The second-order valence-electron chi connectivity index (χ2n) is 4.65. The molecule has 0 aliphatic carbocycles. The summed E-state index contributed by atoms with van der Waals surface area (Å²) in [6, 6.07) is 13.8. The molecule has 1 N–H and O–H groups in total. The molecule has 0 fully saturated rings. The van der Waals surface area contributed by atoms with Crippen LogP contribution in [0.4, 0.5) is 17.5 Å². The largest absolute Gasteiger partial charge is 0.467 e. The topological polar surface area (TPSA) is 67.1 Å². The van der Waals surface area contributed by atoms with Crippen molar-refractivity contribution in [2.24, 2.45) is 0 Å². The summed E-state index contributed by atoms with van der Waals surface area (Å²) >= 11 is 0. The molecule has 0 amide bonds. The Labute approximate surface area is 128 Å². The van der Waals surface area contributed by atoms with Gasteiger partial charge < -0.3 is 14.6 Å². The van der Waals surface area contributed by atoms with Gasteiger partial charge in [-0.05, 0) is 31.2 Å². The summed E-state index contributed by atoms with van der Waals surface area (Å²) in [6.07, 6.45) is 3.30. The van der Waals surface area contributed by atoms with Crippen LogP contribution < -0.4 is 10.2 Å². The number of benzene rings is 1. The van der Waals surface area contributed by atoms with Crippen LogP contribution in [0.5, 0.6) is 0 Å². The summed E-state index contributed by atoms with van der Waals surface area (Å²) in [7, 11) is 0. The lowest BCUT2D eigenvalue weighted by atomic mass is 10.3. The van der Waals surface area contributed by atoms with Crippen LogP contribution in [0.15, 0.2) is 59.3 Å². The van der Waals surface area contributed by atoms with Crippen LogP contribution in [0.1, 0.15) is 12.7 Å². The van der Waals surface area contributed by atoms with Crippen molar-refractivity contribution in [1.29, 1.82) is 0 Å². The summed E-state index contributed by atoms with van der Waals surface area (Å²) in [5.41, 5.74) is 1.07. The second-order valence-corrected chi connectivity index (χ2v) is 4.65. The average molecular weight is 295 g/mol. The molecule has 2 aromatic heterocycles. The zero-order valence-electron chi connectivity index (χ0n) is 12.3. The fourth-order valence-electron chi connectivity index (χ4n) is 2.16. The van der Waals surface area contributed by atoms with Crippen LogP contribution >= 0.6 is 0 Å². The minimum absolute atomic E-state index is 0.475. The van der Waals surface area contributed by atoms with E-state index in [9.17, 15) is 0 Å². The lowest BCUT2D eigenvalue weighted by Gasteiger charge is -2.21. The lowest BCUT2D eigenvalue weighted by molar-refractivity contribution is 0.517. The van der Waals surface area contributed by atoms with Gasteiger partial charge in [-0.25, -0.2) is 0 Å². The Morgan fingerprint density at radius 2 is 2.00 bits per heavy atom. The highest BCUT2D eigenvalue weighted by Crippen LogP contribution is 2.22. The Morgan fingerprint density at radius 1 is 1.14 bits per heavy atom. The number of nitrogens with one attached hydrogen (secondary N) is 1. The maximum atomic E-state index is 5.27. The van der Waals surface area contributed by atoms with Gasteiger partial charge in [-0.1, -0.05) is 18.2 Å². The summed E-state index contributed by atoms with van der Waals surface area (Å²) in [6.45, 7) is 3.39. The Bertz CT molecular complexity index is 700. The normalized spacial score (nSPS) is 10.4. The van der Waals surface area contributed by atoms with E-state index in [-0.39, 0.29) is 0 Å². The summed E-state index contributed by atoms with van der Waals surface area (Å²) in [5, 5.41) is 11.2. The summed E-state index contributed by atoms with van der Waals surface area (Å²) in [5.74, 6) is 2.05. The van der Waals surface area contributed by atoms with Gasteiger partial charge in [0.15, 0.2) is 5.82 Å². The molecule has 6 heteroatoms. The van der Waals surface area contributed by atoms with Gasteiger partial charge in [0.2, 0.25) is 5.95 Å². The Morgan fingerprint density at radius 3 is 2.73 bits per heavy atom. The highest BCUT2D eigenvalue weighted by atomic mass is 16.3. The Balaban J connectivity index is 1.77. The van der Waals surface area contributed by atoms with Gasteiger partial charge in [-0.2, -0.15) is 10.1 Å². The molecule has 0 saturated carbocycles. The van der Waals surface area contributed by atoms with Crippen molar-refractivity contribution in [2.75, 3.05) is 16.8 Å². The monoisotopic (exact) mass is 295 g/mol. The smallest absolute Gasteiger partial charge is 0.245 e. The predicted octanol–water partition coefficient (Wildman–Crippen LogP) is 3.23. The summed E-state index contributed by atoms with van der Waals surface area (Å²) in [4.78, 5) is 6.60. The van der Waals surface area contributed by atoms with Crippen molar-refractivity contribution in [2.45, 2.75) is 13.5 Å². The predicted molar refractivity (Wildman–Crippen MR) is 85.0 cm³/mol. The van der Waals surface area contributed by atoms with Gasteiger partial charge in [0.1, 0.15) is 5.76 Å². The number of hydrogen-bond acceptors (Lipinski definition) is 6. The van der Waals surface area contributed by atoms with Crippen molar-refractivity contribution in [1.82, 2.24) is 15.2 Å². The number of furan rings is 1. The van der Waals surface area contributed by atoms with Crippen LogP contribution in [0, 0.1) is 0 Å². The standard InChI is InChI=1S/C16H17N5O/c1-2-21(13-7-4-3-5-8-13)15-12-18-20-16(19-15)17-11-14-9-6-10-22-14/h3-10,12H,2,11H2,1H3,(H,17,19,20). The lowest BCUT2D eigenvalue weighted by Crippen LogP contribution is -2.18. The van der Waals surface area contributed by atoms with Gasteiger partial charge in [0.25, 0.3) is 0 Å². The van der Waals surface area contributed by atoms with E-state index in [1.54, 1.807) is 12.5 Å². The number of rotatable bonds is 6. The molecule has 0 atom stereocenters. The van der Waals surface area contributed by atoms with Crippen LogP contribution in [-0.2, 0) is 6.54 Å². The van der Waals surface area contributed by atoms with E-state index in [1.165, 1.54) is 0 Å². The maximum Gasteiger partial charge on any atom is 0.245 e. The molecule has 0 aliphatic heterocycles. The molecule has 0 radical (unpaired) electrons. The first-order valence-electron chi connectivity index (χ1n) is 7.15. The summed E-state index contributed by atoms with van der Waals surface area (Å²) < 4.78 is 5.27. The van der Waals surface area contributed by atoms with Gasteiger partial charge in [0.05, 0.1) is 19.0 Å². The third-order valence-electron chi connectivity index (χ3n) is 3.21. The molecule has 0 saturated heterocycles. The first kappa shape index (κ1) is 14.1. The van der Waals surface area contributed by atoms with E-state index < -0.39 is 0 Å². The molecule has 3 rings (SSSR count). The van der Waals surface area contributed by atoms with Crippen molar-refractivity contribution >= 4 is 17.5 Å². The maximum absolute atomic E-state index is 5.27. The van der Waals surface area contributed by atoms with Crippen molar-refractivity contribution in [3.05, 3.63) is 60.7 Å². The number of aromatic nitrogens is 3. The molecular formula is C16H17N5O. The van der Waals surface area contributed by atoms with Gasteiger partial charge in [-0.15, -0.1) is 5.10 Å². The number of nitrogens with zero attached hydrogens (tertiary/aromatic N) is 4. The molecule has 0 spiro atoms. The zero-order chi connectivity index (χ0) is 15.2. The van der Waals surface area contributed by atoms with Gasteiger partial charge in [0, 0.05) is 12.2 Å². The minimum Gasteiger partial charge on any atom is -0.467 e. The quantitative estimate of drug-likeness (QED) is 0.753. The van der Waals surface area contributed by atoms with Crippen LogP contribution in [-0.4, -0.2) is 21.7 Å². The van der Waals surface area contributed by atoms with Crippen LogP contribution in [0.25, 0.3) is 0 Å². The van der Waals surface area contributed by atoms with Crippen molar-refractivity contribution in [3.8, 4) is 0 Å². The number of hydrogen-bond donors (Lipinski definition) is 1. The Kier molecular flexibility index (Phi) is 4.29. The van der Waals surface area contributed by atoms with E-state index >= 15 is 0 Å².